The Bertz CT molecular complexity index is 691. The van der Waals surface area contributed by atoms with Crippen molar-refractivity contribution in [2.45, 2.75) is 6.61 Å². The largest absolute Gasteiger partial charge is 0.477 e. The summed E-state index contributed by atoms with van der Waals surface area (Å²) in [6.07, 6.45) is 0. The molecule has 0 amide bonds. The zero-order valence-corrected chi connectivity index (χ0v) is 10.7. The molecule has 6 heteroatoms. The van der Waals surface area contributed by atoms with Gasteiger partial charge in [0.25, 0.3) is 5.56 Å². The van der Waals surface area contributed by atoms with Gasteiger partial charge in [0.2, 0.25) is 0 Å². The number of methoxy groups -OCH3 is 1. The van der Waals surface area contributed by atoms with E-state index in [9.17, 15) is 14.0 Å². The number of hydrogen-bond donors (Lipinski definition) is 1. The summed E-state index contributed by atoms with van der Waals surface area (Å²) >= 11 is 0. The highest BCUT2D eigenvalue weighted by atomic mass is 19.1. The van der Waals surface area contributed by atoms with Gasteiger partial charge in [-0.1, -0.05) is 0 Å². The molecule has 0 spiro atoms. The summed E-state index contributed by atoms with van der Waals surface area (Å²) in [4.78, 5) is 23.2. The monoisotopic (exact) mass is 277 g/mol. The van der Waals surface area contributed by atoms with Crippen LogP contribution >= 0.6 is 0 Å². The zero-order valence-electron chi connectivity index (χ0n) is 10.7. The van der Waals surface area contributed by atoms with Gasteiger partial charge in [-0.15, -0.1) is 0 Å². The third-order valence-corrected chi connectivity index (χ3v) is 2.77. The summed E-state index contributed by atoms with van der Waals surface area (Å²) in [6.45, 7) is 0.131. The first-order valence-corrected chi connectivity index (χ1v) is 5.77. The van der Waals surface area contributed by atoms with E-state index in [-0.39, 0.29) is 12.2 Å². The van der Waals surface area contributed by atoms with Gasteiger partial charge < -0.3 is 9.84 Å². The lowest BCUT2D eigenvalue weighted by atomic mass is 10.2. The molecule has 1 aromatic carbocycles. The molecular formula is C14H12FNO4. The molecule has 20 heavy (non-hydrogen) atoms. The van der Waals surface area contributed by atoms with Crippen LogP contribution in [0.2, 0.25) is 0 Å². The molecule has 2 rings (SSSR count). The van der Waals surface area contributed by atoms with E-state index in [1.165, 1.54) is 48.1 Å². The van der Waals surface area contributed by atoms with Crippen molar-refractivity contribution in [3.8, 4) is 5.69 Å². The molecule has 0 aliphatic heterocycles. The SMILES string of the molecule is COCc1ccc(C(=O)O)c(=O)n1-c1ccc(F)cc1. The van der Waals surface area contributed by atoms with Gasteiger partial charge in [-0.25, -0.2) is 9.18 Å². The van der Waals surface area contributed by atoms with Crippen LogP contribution in [0.1, 0.15) is 16.1 Å². The summed E-state index contributed by atoms with van der Waals surface area (Å²) in [6, 6.07) is 7.94. The fourth-order valence-electron chi connectivity index (χ4n) is 1.87. The normalized spacial score (nSPS) is 10.5. The number of carboxylic acids is 1. The van der Waals surface area contributed by atoms with Crippen LogP contribution < -0.4 is 5.56 Å². The fourth-order valence-corrected chi connectivity index (χ4v) is 1.87. The lowest BCUT2D eigenvalue weighted by Gasteiger charge is -2.13. The highest BCUT2D eigenvalue weighted by Gasteiger charge is 2.15. The number of nitrogens with zero attached hydrogens (tertiary/aromatic N) is 1. The number of carboxylic acid groups (broad SMARTS) is 1. The Kier molecular flexibility index (Phi) is 3.95. The van der Waals surface area contributed by atoms with Crippen LogP contribution in [-0.4, -0.2) is 22.8 Å². The van der Waals surface area contributed by atoms with E-state index in [0.717, 1.165) is 0 Å². The predicted molar refractivity (Wildman–Crippen MR) is 69.7 cm³/mol. The van der Waals surface area contributed by atoms with E-state index in [4.69, 9.17) is 9.84 Å². The number of hydrogen-bond acceptors (Lipinski definition) is 3. The van der Waals surface area contributed by atoms with Crippen LogP contribution in [0.15, 0.2) is 41.2 Å². The Hall–Kier alpha value is -2.47. The van der Waals surface area contributed by atoms with Gasteiger partial charge >= 0.3 is 5.97 Å². The van der Waals surface area contributed by atoms with Gasteiger partial charge in [0.1, 0.15) is 11.4 Å². The van der Waals surface area contributed by atoms with Crippen LogP contribution in [-0.2, 0) is 11.3 Å². The minimum atomic E-state index is -1.31. The van der Waals surface area contributed by atoms with Crippen molar-refractivity contribution >= 4 is 5.97 Å². The molecule has 0 unspecified atom stereocenters. The third-order valence-electron chi connectivity index (χ3n) is 2.77. The van der Waals surface area contributed by atoms with Crippen LogP contribution in [0.25, 0.3) is 5.69 Å². The van der Waals surface area contributed by atoms with Crippen molar-refractivity contribution in [1.29, 1.82) is 0 Å². The Balaban J connectivity index is 2.69. The molecule has 0 saturated heterocycles. The smallest absolute Gasteiger partial charge is 0.341 e. The number of halogens is 1. The Morgan fingerprint density at radius 1 is 1.25 bits per heavy atom. The molecule has 0 aliphatic rings. The van der Waals surface area contributed by atoms with Crippen LogP contribution in [0.4, 0.5) is 4.39 Å². The average Bonchev–Trinajstić information content (AvgIpc) is 2.40. The zero-order chi connectivity index (χ0) is 14.7. The number of benzene rings is 1. The third kappa shape index (κ3) is 2.60. The van der Waals surface area contributed by atoms with Crippen LogP contribution in [0.5, 0.6) is 0 Å². The lowest BCUT2D eigenvalue weighted by Crippen LogP contribution is -2.27. The Morgan fingerprint density at radius 2 is 1.90 bits per heavy atom. The Morgan fingerprint density at radius 3 is 2.45 bits per heavy atom. The van der Waals surface area contributed by atoms with E-state index in [0.29, 0.717) is 11.4 Å². The highest BCUT2D eigenvalue weighted by Crippen LogP contribution is 2.12. The first-order valence-electron chi connectivity index (χ1n) is 5.77. The minimum Gasteiger partial charge on any atom is -0.477 e. The Labute approximate surface area is 113 Å². The van der Waals surface area contributed by atoms with Crippen LogP contribution in [0.3, 0.4) is 0 Å². The van der Waals surface area contributed by atoms with Gasteiger partial charge in [0.15, 0.2) is 0 Å². The molecule has 5 nitrogen and oxygen atoms in total. The second-order valence-electron chi connectivity index (χ2n) is 4.09. The van der Waals surface area contributed by atoms with Gasteiger partial charge in [-0.05, 0) is 36.4 Å². The van der Waals surface area contributed by atoms with Crippen LogP contribution in [0, 0.1) is 5.82 Å². The number of rotatable bonds is 4. The van der Waals surface area contributed by atoms with E-state index in [1.807, 2.05) is 0 Å². The summed E-state index contributed by atoms with van der Waals surface area (Å²) in [5.41, 5.74) is -0.173. The van der Waals surface area contributed by atoms with E-state index < -0.39 is 17.3 Å². The van der Waals surface area contributed by atoms with E-state index in [2.05, 4.69) is 0 Å². The quantitative estimate of drug-likeness (QED) is 0.925. The molecule has 2 aromatic rings. The second-order valence-corrected chi connectivity index (χ2v) is 4.09. The molecule has 1 N–H and O–H groups in total. The summed E-state index contributed by atoms with van der Waals surface area (Å²) < 4.78 is 19.1. The molecule has 0 radical (unpaired) electrons. The highest BCUT2D eigenvalue weighted by molar-refractivity contribution is 5.87. The molecule has 0 fully saturated rings. The number of carbonyl (C=O) groups is 1. The fraction of sp³-hybridized carbons (Fsp3) is 0.143. The maximum atomic E-state index is 13.0. The van der Waals surface area contributed by atoms with Gasteiger partial charge in [0, 0.05) is 12.8 Å². The standard InChI is InChI=1S/C14H12FNO4/c1-20-8-11-6-7-12(14(18)19)13(17)16(11)10-4-2-9(15)3-5-10/h2-7H,8H2,1H3,(H,18,19). The summed E-state index contributed by atoms with van der Waals surface area (Å²) in [5, 5.41) is 9.00. The molecule has 104 valence electrons. The number of ether oxygens (including phenoxy) is 1. The summed E-state index contributed by atoms with van der Waals surface area (Å²) in [5.74, 6) is -1.75. The average molecular weight is 277 g/mol. The molecular weight excluding hydrogens is 265 g/mol. The number of pyridine rings is 1. The van der Waals surface area contributed by atoms with Crippen molar-refractivity contribution in [1.82, 2.24) is 4.57 Å². The van der Waals surface area contributed by atoms with Crippen molar-refractivity contribution in [3.05, 3.63) is 63.8 Å². The van der Waals surface area contributed by atoms with Crippen molar-refractivity contribution in [2.24, 2.45) is 0 Å². The molecule has 0 atom stereocenters. The second kappa shape index (κ2) is 5.66. The molecule has 0 bridgehead atoms. The van der Waals surface area contributed by atoms with E-state index >= 15 is 0 Å². The van der Waals surface area contributed by atoms with Gasteiger partial charge in [0.05, 0.1) is 12.3 Å². The topological polar surface area (TPSA) is 68.5 Å². The molecule has 1 aromatic heterocycles. The van der Waals surface area contributed by atoms with E-state index in [1.54, 1.807) is 0 Å². The minimum absolute atomic E-state index is 0.131. The number of aromatic nitrogens is 1. The van der Waals surface area contributed by atoms with Crippen molar-refractivity contribution in [2.75, 3.05) is 7.11 Å². The molecule has 0 saturated carbocycles. The first-order chi connectivity index (χ1) is 9.54. The maximum absolute atomic E-state index is 13.0. The lowest BCUT2D eigenvalue weighted by molar-refractivity contribution is 0.0694. The molecule has 1 heterocycles. The predicted octanol–water partition coefficient (Wildman–Crippen LogP) is 1.82. The van der Waals surface area contributed by atoms with Gasteiger partial charge in [-0.2, -0.15) is 0 Å². The maximum Gasteiger partial charge on any atom is 0.341 e. The first kappa shape index (κ1) is 14.0. The van der Waals surface area contributed by atoms with Crippen molar-refractivity contribution in [3.63, 3.8) is 0 Å². The number of aromatic carboxylic acids is 1. The van der Waals surface area contributed by atoms with Gasteiger partial charge in [-0.3, -0.25) is 9.36 Å². The molecule has 0 aliphatic carbocycles. The van der Waals surface area contributed by atoms with Crippen molar-refractivity contribution < 1.29 is 19.0 Å². The summed E-state index contributed by atoms with van der Waals surface area (Å²) in [7, 11) is 1.46.